The molecule has 1 saturated carbocycles. The molecule has 5 rings (SSSR count). The molecule has 5 heteroatoms. The molecule has 1 N–H and O–H groups in total. The summed E-state index contributed by atoms with van der Waals surface area (Å²) in [5.74, 6) is 0. The topological polar surface area (TPSA) is 33.1 Å². The van der Waals surface area contributed by atoms with Crippen LogP contribution in [0.1, 0.15) is 66.3 Å². The van der Waals surface area contributed by atoms with Crippen molar-refractivity contribution in [3.05, 3.63) is 83.4 Å². The fourth-order valence-electron chi connectivity index (χ4n) is 5.20. The van der Waals surface area contributed by atoms with E-state index in [2.05, 4.69) is 82.3 Å². The summed E-state index contributed by atoms with van der Waals surface area (Å²) in [6.45, 7) is 4.30. The first kappa shape index (κ1) is 19.3. The average molecular weight is 417 g/mol. The fourth-order valence-corrected chi connectivity index (χ4v) is 5.54. The van der Waals surface area contributed by atoms with Crippen molar-refractivity contribution in [1.29, 1.82) is 0 Å². The zero-order valence-corrected chi connectivity index (χ0v) is 18.4. The van der Waals surface area contributed by atoms with E-state index in [0.29, 0.717) is 6.04 Å². The lowest BCUT2D eigenvalue weighted by Gasteiger charge is -2.30. The number of pyridine rings is 1. The zero-order valence-electron chi connectivity index (χ0n) is 17.6. The van der Waals surface area contributed by atoms with Gasteiger partial charge in [0.05, 0.1) is 11.7 Å². The maximum absolute atomic E-state index is 5.89. The van der Waals surface area contributed by atoms with Crippen molar-refractivity contribution >= 4 is 23.0 Å². The lowest BCUT2D eigenvalue weighted by molar-refractivity contribution is 0.461. The van der Waals surface area contributed by atoms with Gasteiger partial charge in [-0.15, -0.1) is 0 Å². The summed E-state index contributed by atoms with van der Waals surface area (Å²) in [5.41, 5.74) is 5.98. The Balaban J connectivity index is 1.65. The van der Waals surface area contributed by atoms with E-state index in [1.54, 1.807) is 0 Å². The molecular formula is C25H28N4S. The molecule has 0 unspecified atom stereocenters. The molecule has 2 aliphatic rings. The second kappa shape index (κ2) is 7.88. The van der Waals surface area contributed by atoms with Crippen molar-refractivity contribution in [2.24, 2.45) is 0 Å². The van der Waals surface area contributed by atoms with Crippen LogP contribution in [0.4, 0.5) is 5.69 Å². The third-order valence-corrected chi connectivity index (χ3v) is 6.73. The number of aryl methyl sites for hydroxylation is 2. The minimum absolute atomic E-state index is 0.00886. The second-order valence-electron chi connectivity index (χ2n) is 8.62. The Morgan fingerprint density at radius 2 is 1.77 bits per heavy atom. The van der Waals surface area contributed by atoms with Crippen LogP contribution in [0.15, 0.2) is 60.9 Å². The number of nitrogens with one attached hydrogen (secondary N) is 1. The summed E-state index contributed by atoms with van der Waals surface area (Å²) >= 11 is 5.89. The van der Waals surface area contributed by atoms with Gasteiger partial charge in [0, 0.05) is 29.8 Å². The summed E-state index contributed by atoms with van der Waals surface area (Å²) in [6, 6.07) is 17.9. The predicted molar refractivity (Wildman–Crippen MR) is 126 cm³/mol. The van der Waals surface area contributed by atoms with Gasteiger partial charge in [-0.25, -0.2) is 0 Å². The van der Waals surface area contributed by atoms with E-state index in [1.165, 1.54) is 42.5 Å². The van der Waals surface area contributed by atoms with Crippen LogP contribution in [-0.4, -0.2) is 14.7 Å². The van der Waals surface area contributed by atoms with E-state index < -0.39 is 0 Å². The molecule has 1 aliphatic heterocycles. The van der Waals surface area contributed by atoms with Crippen molar-refractivity contribution in [2.45, 2.75) is 57.7 Å². The Morgan fingerprint density at radius 3 is 2.47 bits per heavy atom. The largest absolute Gasteiger partial charge is 0.351 e. The molecule has 2 aromatic heterocycles. The van der Waals surface area contributed by atoms with Crippen molar-refractivity contribution in [2.75, 3.05) is 4.90 Å². The number of nitrogens with zero attached hydrogens (tertiary/aromatic N) is 3. The highest BCUT2D eigenvalue weighted by Crippen LogP contribution is 2.44. The van der Waals surface area contributed by atoms with Crippen molar-refractivity contribution in [3.8, 4) is 0 Å². The van der Waals surface area contributed by atoms with Crippen LogP contribution in [0.5, 0.6) is 0 Å². The van der Waals surface area contributed by atoms with Gasteiger partial charge in [0.25, 0.3) is 0 Å². The van der Waals surface area contributed by atoms with E-state index >= 15 is 0 Å². The molecule has 4 nitrogen and oxygen atoms in total. The van der Waals surface area contributed by atoms with Gasteiger partial charge >= 0.3 is 0 Å². The molecule has 3 heterocycles. The minimum atomic E-state index is 0.00886. The van der Waals surface area contributed by atoms with Gasteiger partial charge in [-0.05, 0) is 86.4 Å². The van der Waals surface area contributed by atoms with Gasteiger partial charge in [0.2, 0.25) is 0 Å². The molecule has 30 heavy (non-hydrogen) atoms. The number of anilines is 1. The molecule has 2 fully saturated rings. The van der Waals surface area contributed by atoms with Crippen LogP contribution in [-0.2, 0) is 0 Å². The van der Waals surface area contributed by atoms with E-state index in [1.807, 2.05) is 12.3 Å². The smallest absolute Gasteiger partial charge is 0.174 e. The average Bonchev–Trinajstić information content (AvgIpc) is 3.47. The predicted octanol–water partition coefficient (Wildman–Crippen LogP) is 5.79. The van der Waals surface area contributed by atoms with Gasteiger partial charge in [-0.2, -0.15) is 0 Å². The van der Waals surface area contributed by atoms with Crippen LogP contribution >= 0.6 is 12.2 Å². The Morgan fingerprint density at radius 1 is 1.00 bits per heavy atom. The van der Waals surface area contributed by atoms with Crippen LogP contribution in [0.2, 0.25) is 0 Å². The van der Waals surface area contributed by atoms with Gasteiger partial charge in [-0.3, -0.25) is 4.98 Å². The number of rotatable bonds is 4. The number of hydrogen-bond donors (Lipinski definition) is 1. The highest BCUT2D eigenvalue weighted by molar-refractivity contribution is 7.80. The fraction of sp³-hybridized carbons (Fsp3) is 0.360. The van der Waals surface area contributed by atoms with Crippen molar-refractivity contribution in [1.82, 2.24) is 14.9 Å². The third-order valence-electron chi connectivity index (χ3n) is 6.42. The lowest BCUT2D eigenvalue weighted by Crippen LogP contribution is -2.30. The SMILES string of the molecule is Cc1cc(C)cc(N2C(=S)N[C@@H](c3ccccn3)[C@H]2c2cccn2C2CCCC2)c1. The van der Waals surface area contributed by atoms with Gasteiger partial charge < -0.3 is 14.8 Å². The lowest BCUT2D eigenvalue weighted by atomic mass is 9.99. The van der Waals surface area contributed by atoms with Gasteiger partial charge in [-0.1, -0.05) is 25.0 Å². The molecule has 0 spiro atoms. The number of aromatic nitrogens is 2. The normalized spacial score (nSPS) is 21.9. The van der Waals surface area contributed by atoms with Crippen LogP contribution < -0.4 is 10.2 Å². The number of hydrogen-bond acceptors (Lipinski definition) is 2. The second-order valence-corrected chi connectivity index (χ2v) is 9.01. The highest BCUT2D eigenvalue weighted by Gasteiger charge is 2.42. The van der Waals surface area contributed by atoms with Crippen LogP contribution in [0, 0.1) is 13.8 Å². The van der Waals surface area contributed by atoms with Crippen LogP contribution in [0.25, 0.3) is 0 Å². The van der Waals surface area contributed by atoms with E-state index in [-0.39, 0.29) is 12.1 Å². The molecule has 2 atom stereocenters. The Hall–Kier alpha value is -2.66. The first-order valence-corrected chi connectivity index (χ1v) is 11.3. The third kappa shape index (κ3) is 3.41. The molecule has 1 aromatic carbocycles. The first-order valence-electron chi connectivity index (χ1n) is 10.9. The van der Waals surface area contributed by atoms with Gasteiger partial charge in [0.15, 0.2) is 5.11 Å². The summed E-state index contributed by atoms with van der Waals surface area (Å²) in [6.07, 6.45) is 9.25. The minimum Gasteiger partial charge on any atom is -0.351 e. The zero-order chi connectivity index (χ0) is 20.7. The van der Waals surface area contributed by atoms with Crippen molar-refractivity contribution < 1.29 is 0 Å². The molecule has 0 bridgehead atoms. The van der Waals surface area contributed by atoms with Gasteiger partial charge in [0.1, 0.15) is 6.04 Å². The molecule has 0 radical (unpaired) electrons. The molecule has 3 aromatic rings. The molecule has 1 saturated heterocycles. The summed E-state index contributed by atoms with van der Waals surface area (Å²) in [7, 11) is 0. The summed E-state index contributed by atoms with van der Waals surface area (Å²) in [4.78, 5) is 6.99. The molecular weight excluding hydrogens is 388 g/mol. The number of thiocarbonyl (C=S) groups is 1. The Kier molecular flexibility index (Phi) is 5.07. The molecule has 154 valence electrons. The van der Waals surface area contributed by atoms with Crippen LogP contribution in [0.3, 0.4) is 0 Å². The molecule has 0 amide bonds. The standard InChI is InChI=1S/C25H28N4S/c1-17-14-18(2)16-20(15-17)29-24(22-11-7-13-28(22)19-8-3-4-9-19)23(27-25(29)30)21-10-5-6-12-26-21/h5-7,10-16,19,23-24H,3-4,8-9H2,1-2H3,(H,27,30)/t23-,24+/m0/s1. The van der Waals surface area contributed by atoms with E-state index in [9.17, 15) is 0 Å². The Labute approximate surface area is 183 Å². The Bertz CT molecular complexity index is 1030. The number of benzene rings is 1. The maximum Gasteiger partial charge on any atom is 0.174 e. The van der Waals surface area contributed by atoms with Crippen molar-refractivity contribution in [3.63, 3.8) is 0 Å². The van der Waals surface area contributed by atoms with E-state index in [0.717, 1.165) is 16.5 Å². The maximum atomic E-state index is 5.89. The monoisotopic (exact) mass is 416 g/mol. The quantitative estimate of drug-likeness (QED) is 0.546. The van der Waals surface area contributed by atoms with E-state index in [4.69, 9.17) is 12.2 Å². The summed E-state index contributed by atoms with van der Waals surface area (Å²) < 4.78 is 2.50. The molecule has 1 aliphatic carbocycles. The summed E-state index contributed by atoms with van der Waals surface area (Å²) in [5, 5.41) is 4.36. The first-order chi connectivity index (χ1) is 14.6. The highest BCUT2D eigenvalue weighted by atomic mass is 32.1.